The SMILES string of the molecule is CN(C/C=C/NC(=O)OC(C)(C)C)c1ccccc1. The average molecular weight is 262 g/mol. The predicted octanol–water partition coefficient (Wildman–Crippen LogP) is 3.16. The molecule has 1 aromatic carbocycles. The predicted molar refractivity (Wildman–Crippen MR) is 78.2 cm³/mol. The number of benzene rings is 1. The summed E-state index contributed by atoms with van der Waals surface area (Å²) >= 11 is 0. The smallest absolute Gasteiger partial charge is 0.411 e. The van der Waals surface area contributed by atoms with Crippen LogP contribution in [0.1, 0.15) is 20.8 Å². The van der Waals surface area contributed by atoms with E-state index in [1.807, 2.05) is 64.2 Å². The van der Waals surface area contributed by atoms with E-state index in [-0.39, 0.29) is 0 Å². The third kappa shape index (κ3) is 6.50. The summed E-state index contributed by atoms with van der Waals surface area (Å²) in [4.78, 5) is 13.5. The summed E-state index contributed by atoms with van der Waals surface area (Å²) in [5.74, 6) is 0. The molecule has 0 aromatic heterocycles. The minimum Gasteiger partial charge on any atom is -0.444 e. The van der Waals surface area contributed by atoms with Crippen LogP contribution in [0, 0.1) is 0 Å². The van der Waals surface area contributed by atoms with Crippen LogP contribution in [0.2, 0.25) is 0 Å². The van der Waals surface area contributed by atoms with Gasteiger partial charge in [-0.05, 0) is 39.0 Å². The summed E-state index contributed by atoms with van der Waals surface area (Å²) in [6.07, 6.45) is 3.04. The number of rotatable bonds is 4. The maximum Gasteiger partial charge on any atom is 0.411 e. The van der Waals surface area contributed by atoms with E-state index in [0.29, 0.717) is 6.54 Å². The molecule has 1 aromatic rings. The van der Waals surface area contributed by atoms with Crippen LogP contribution in [-0.2, 0) is 4.74 Å². The van der Waals surface area contributed by atoms with Gasteiger partial charge in [0.15, 0.2) is 0 Å². The number of para-hydroxylation sites is 1. The van der Waals surface area contributed by atoms with Crippen LogP contribution in [0.25, 0.3) is 0 Å². The zero-order valence-electron chi connectivity index (χ0n) is 12.0. The molecule has 1 amide bonds. The van der Waals surface area contributed by atoms with Crippen LogP contribution in [0.5, 0.6) is 0 Å². The van der Waals surface area contributed by atoms with Crippen LogP contribution >= 0.6 is 0 Å². The molecule has 0 saturated heterocycles. The Hall–Kier alpha value is -1.97. The van der Waals surface area contributed by atoms with Crippen LogP contribution in [0.4, 0.5) is 10.5 Å². The van der Waals surface area contributed by atoms with Gasteiger partial charge in [0.25, 0.3) is 0 Å². The molecule has 0 fully saturated rings. The fraction of sp³-hybridized carbons (Fsp3) is 0.400. The molecular formula is C15H22N2O2. The number of nitrogens with zero attached hydrogens (tertiary/aromatic N) is 1. The number of ether oxygens (including phenoxy) is 1. The molecule has 0 spiro atoms. The highest BCUT2D eigenvalue weighted by molar-refractivity contribution is 5.68. The zero-order chi connectivity index (χ0) is 14.3. The van der Waals surface area contributed by atoms with E-state index in [4.69, 9.17) is 4.74 Å². The van der Waals surface area contributed by atoms with Gasteiger partial charge in [0.05, 0.1) is 0 Å². The Labute approximate surface area is 115 Å². The highest BCUT2D eigenvalue weighted by Crippen LogP contribution is 2.10. The molecule has 1 rings (SSSR count). The van der Waals surface area contributed by atoms with Gasteiger partial charge in [-0.1, -0.05) is 18.2 Å². The number of likely N-dealkylation sites (N-methyl/N-ethyl adjacent to an activating group) is 1. The van der Waals surface area contributed by atoms with Crippen molar-refractivity contribution >= 4 is 11.8 Å². The monoisotopic (exact) mass is 262 g/mol. The van der Waals surface area contributed by atoms with Gasteiger partial charge >= 0.3 is 6.09 Å². The zero-order valence-corrected chi connectivity index (χ0v) is 12.0. The molecule has 4 heteroatoms. The maximum absolute atomic E-state index is 11.4. The van der Waals surface area contributed by atoms with Crippen molar-refractivity contribution in [3.8, 4) is 0 Å². The first-order valence-electron chi connectivity index (χ1n) is 6.29. The van der Waals surface area contributed by atoms with Gasteiger partial charge in [-0.25, -0.2) is 4.79 Å². The van der Waals surface area contributed by atoms with Crippen molar-refractivity contribution in [2.45, 2.75) is 26.4 Å². The number of hydrogen-bond acceptors (Lipinski definition) is 3. The molecule has 19 heavy (non-hydrogen) atoms. The second-order valence-corrected chi connectivity index (χ2v) is 5.26. The van der Waals surface area contributed by atoms with E-state index in [9.17, 15) is 4.79 Å². The lowest BCUT2D eigenvalue weighted by Gasteiger charge is -2.19. The minimum atomic E-state index is -0.473. The molecule has 0 saturated carbocycles. The molecular weight excluding hydrogens is 240 g/mol. The van der Waals surface area contributed by atoms with Crippen molar-refractivity contribution in [1.82, 2.24) is 5.32 Å². The molecule has 0 atom stereocenters. The normalized spacial score (nSPS) is 11.4. The third-order valence-corrected chi connectivity index (χ3v) is 2.29. The van der Waals surface area contributed by atoms with Crippen LogP contribution in [0.3, 0.4) is 0 Å². The number of alkyl carbamates (subject to hydrolysis) is 1. The van der Waals surface area contributed by atoms with Gasteiger partial charge in [0.1, 0.15) is 5.60 Å². The molecule has 0 aliphatic carbocycles. The largest absolute Gasteiger partial charge is 0.444 e. The van der Waals surface area contributed by atoms with E-state index >= 15 is 0 Å². The van der Waals surface area contributed by atoms with Gasteiger partial charge in [-0.15, -0.1) is 0 Å². The standard InChI is InChI=1S/C15H22N2O2/c1-15(2,3)19-14(18)16-11-8-12-17(4)13-9-6-5-7-10-13/h5-11H,12H2,1-4H3,(H,16,18)/b11-8+. The Morgan fingerprint density at radius 2 is 1.95 bits per heavy atom. The molecule has 0 aliphatic rings. The Balaban J connectivity index is 2.33. The number of carbonyl (C=O) groups is 1. The summed E-state index contributed by atoms with van der Waals surface area (Å²) in [6, 6.07) is 10.0. The highest BCUT2D eigenvalue weighted by atomic mass is 16.6. The fourth-order valence-electron chi connectivity index (χ4n) is 1.43. The summed E-state index contributed by atoms with van der Waals surface area (Å²) < 4.78 is 5.11. The second kappa shape index (κ2) is 6.83. The number of amides is 1. The number of nitrogens with one attached hydrogen (secondary N) is 1. The van der Waals surface area contributed by atoms with E-state index in [0.717, 1.165) is 5.69 Å². The minimum absolute atomic E-state index is 0.439. The lowest BCUT2D eigenvalue weighted by molar-refractivity contribution is 0.0552. The fourth-order valence-corrected chi connectivity index (χ4v) is 1.43. The number of carbonyl (C=O) groups excluding carboxylic acids is 1. The molecule has 0 radical (unpaired) electrons. The molecule has 0 unspecified atom stereocenters. The van der Waals surface area contributed by atoms with Crippen molar-refractivity contribution in [2.75, 3.05) is 18.5 Å². The average Bonchev–Trinajstić information content (AvgIpc) is 2.33. The number of anilines is 1. The van der Waals surface area contributed by atoms with E-state index in [1.165, 1.54) is 0 Å². The van der Waals surface area contributed by atoms with Gasteiger partial charge in [-0.3, -0.25) is 5.32 Å². The van der Waals surface area contributed by atoms with E-state index in [1.54, 1.807) is 6.20 Å². The van der Waals surface area contributed by atoms with Gasteiger partial charge in [0, 0.05) is 25.5 Å². The summed E-state index contributed by atoms with van der Waals surface area (Å²) in [5.41, 5.74) is 0.656. The van der Waals surface area contributed by atoms with Gasteiger partial charge in [-0.2, -0.15) is 0 Å². The van der Waals surface area contributed by atoms with Crippen molar-refractivity contribution in [2.24, 2.45) is 0 Å². The second-order valence-electron chi connectivity index (χ2n) is 5.26. The van der Waals surface area contributed by atoms with Gasteiger partial charge < -0.3 is 9.64 Å². The molecule has 104 valence electrons. The van der Waals surface area contributed by atoms with E-state index < -0.39 is 11.7 Å². The molecule has 0 heterocycles. The Morgan fingerprint density at radius 1 is 1.32 bits per heavy atom. The van der Waals surface area contributed by atoms with Crippen LogP contribution in [-0.4, -0.2) is 25.3 Å². The first kappa shape index (κ1) is 15.1. The van der Waals surface area contributed by atoms with Crippen molar-refractivity contribution in [3.05, 3.63) is 42.6 Å². The quantitative estimate of drug-likeness (QED) is 0.906. The van der Waals surface area contributed by atoms with Crippen molar-refractivity contribution in [1.29, 1.82) is 0 Å². The first-order chi connectivity index (χ1) is 8.88. The Morgan fingerprint density at radius 3 is 2.53 bits per heavy atom. The molecule has 4 nitrogen and oxygen atoms in total. The Bertz CT molecular complexity index is 422. The lowest BCUT2D eigenvalue weighted by Crippen LogP contribution is -2.29. The topological polar surface area (TPSA) is 41.6 Å². The molecule has 1 N–H and O–H groups in total. The van der Waals surface area contributed by atoms with Crippen LogP contribution < -0.4 is 10.2 Å². The number of hydrogen-bond donors (Lipinski definition) is 1. The molecule has 0 bridgehead atoms. The summed E-state index contributed by atoms with van der Waals surface area (Å²) in [7, 11) is 1.99. The van der Waals surface area contributed by atoms with Crippen LogP contribution in [0.15, 0.2) is 42.6 Å². The summed E-state index contributed by atoms with van der Waals surface area (Å²) in [5, 5.41) is 2.58. The Kier molecular flexibility index (Phi) is 5.42. The molecule has 0 aliphatic heterocycles. The van der Waals surface area contributed by atoms with Crippen molar-refractivity contribution < 1.29 is 9.53 Å². The maximum atomic E-state index is 11.4. The lowest BCUT2D eigenvalue weighted by atomic mass is 10.2. The van der Waals surface area contributed by atoms with Gasteiger partial charge in [0.2, 0.25) is 0 Å². The summed E-state index contributed by atoms with van der Waals surface area (Å²) in [6.45, 7) is 6.21. The van der Waals surface area contributed by atoms with E-state index in [2.05, 4.69) is 10.2 Å². The first-order valence-corrected chi connectivity index (χ1v) is 6.29. The van der Waals surface area contributed by atoms with Crippen molar-refractivity contribution in [3.63, 3.8) is 0 Å². The third-order valence-electron chi connectivity index (χ3n) is 2.29. The highest BCUT2D eigenvalue weighted by Gasteiger charge is 2.14.